The number of carbonyl (C=O) groups excluding carboxylic acids is 1. The Morgan fingerprint density at radius 3 is 2.60 bits per heavy atom. The lowest BCUT2D eigenvalue weighted by molar-refractivity contribution is 0.0149. The molecule has 0 saturated carbocycles. The lowest BCUT2D eigenvalue weighted by Crippen LogP contribution is -2.12. The predicted molar refractivity (Wildman–Crippen MR) is 122 cm³/mol. The Morgan fingerprint density at radius 2 is 1.83 bits per heavy atom. The van der Waals surface area contributed by atoms with E-state index in [1.807, 2.05) is 19.1 Å². The minimum atomic E-state index is 0.0823. The van der Waals surface area contributed by atoms with Gasteiger partial charge < -0.3 is 9.30 Å². The van der Waals surface area contributed by atoms with Crippen LogP contribution in [0.3, 0.4) is 0 Å². The van der Waals surface area contributed by atoms with E-state index in [4.69, 9.17) is 4.74 Å². The molecule has 4 aromatic rings. The Labute approximate surface area is 177 Å². The van der Waals surface area contributed by atoms with Crippen LogP contribution >= 0.6 is 0 Å². The van der Waals surface area contributed by atoms with Gasteiger partial charge in [0.1, 0.15) is 0 Å². The van der Waals surface area contributed by atoms with Crippen molar-refractivity contribution in [2.45, 2.75) is 45.8 Å². The highest BCUT2D eigenvalue weighted by atomic mass is 16.5. The van der Waals surface area contributed by atoms with E-state index in [9.17, 15) is 4.79 Å². The third kappa shape index (κ3) is 3.14. The predicted octanol–water partition coefficient (Wildman–Crippen LogP) is 6.60. The minimum Gasteiger partial charge on any atom is -0.374 e. The van der Waals surface area contributed by atoms with Crippen LogP contribution in [-0.2, 0) is 11.3 Å². The van der Waals surface area contributed by atoms with Crippen molar-refractivity contribution in [3.8, 4) is 0 Å². The summed E-state index contributed by atoms with van der Waals surface area (Å²) in [5.74, 6) is 0.0823. The molecule has 1 aromatic heterocycles. The van der Waals surface area contributed by atoms with Crippen LogP contribution in [0.15, 0.2) is 60.7 Å². The number of hydrogen-bond acceptors (Lipinski definition) is 2. The summed E-state index contributed by atoms with van der Waals surface area (Å²) in [4.78, 5) is 13.4. The fourth-order valence-corrected chi connectivity index (χ4v) is 4.84. The van der Waals surface area contributed by atoms with Crippen molar-refractivity contribution in [1.82, 2.24) is 4.57 Å². The van der Waals surface area contributed by atoms with Crippen LogP contribution in [0, 0.1) is 6.92 Å². The molecule has 0 amide bonds. The largest absolute Gasteiger partial charge is 0.374 e. The summed E-state index contributed by atoms with van der Waals surface area (Å²) in [6.45, 7) is 5.92. The number of ether oxygens (including phenoxy) is 1. The summed E-state index contributed by atoms with van der Waals surface area (Å²) in [6.07, 6.45) is 3.57. The lowest BCUT2D eigenvalue weighted by Gasteiger charge is -2.23. The molecule has 1 unspecified atom stereocenters. The number of ketones is 1. The average molecular weight is 398 g/mol. The molecule has 0 bridgehead atoms. The number of para-hydroxylation sites is 1. The third-order valence-electron chi connectivity index (χ3n) is 6.40. The third-order valence-corrected chi connectivity index (χ3v) is 6.40. The first-order chi connectivity index (χ1) is 14.7. The highest BCUT2D eigenvalue weighted by Gasteiger charge is 2.19. The van der Waals surface area contributed by atoms with Gasteiger partial charge in [-0.15, -0.1) is 0 Å². The molecule has 1 fully saturated rings. The van der Waals surface area contributed by atoms with Crippen molar-refractivity contribution in [2.24, 2.45) is 0 Å². The second kappa shape index (κ2) is 7.73. The molecule has 0 aliphatic carbocycles. The normalized spacial score (nSPS) is 16.9. The lowest BCUT2D eigenvalue weighted by atomic mass is 9.93. The van der Waals surface area contributed by atoms with Crippen LogP contribution in [0.5, 0.6) is 0 Å². The standard InChI is InChI=1S/C27H27NO2/c1-3-28-24-9-5-4-8-22(24)23-17-20(12-14-25(23)28)27(29)21-13-11-19(16-18(21)2)26-10-6-7-15-30-26/h4-5,8-9,11-14,16-17,26H,3,6-7,10,15H2,1-2H3. The van der Waals surface area contributed by atoms with Gasteiger partial charge >= 0.3 is 0 Å². The first-order valence-electron chi connectivity index (χ1n) is 10.9. The van der Waals surface area contributed by atoms with Crippen molar-refractivity contribution in [2.75, 3.05) is 6.61 Å². The van der Waals surface area contributed by atoms with Gasteiger partial charge in [0.2, 0.25) is 0 Å². The molecule has 152 valence electrons. The SMILES string of the molecule is CCn1c2ccccc2c2cc(C(=O)c3ccc(C4CCCCO4)cc3C)ccc21. The second-order valence-electron chi connectivity index (χ2n) is 8.25. The average Bonchev–Trinajstić information content (AvgIpc) is 3.12. The zero-order valence-electron chi connectivity index (χ0n) is 17.7. The van der Waals surface area contributed by atoms with Gasteiger partial charge in [-0.25, -0.2) is 0 Å². The molecule has 2 heterocycles. The van der Waals surface area contributed by atoms with Crippen molar-refractivity contribution in [3.63, 3.8) is 0 Å². The fraction of sp³-hybridized carbons (Fsp3) is 0.296. The van der Waals surface area contributed by atoms with Gasteiger partial charge in [0.15, 0.2) is 5.78 Å². The molecular weight excluding hydrogens is 370 g/mol. The van der Waals surface area contributed by atoms with Gasteiger partial charge in [-0.3, -0.25) is 4.79 Å². The highest BCUT2D eigenvalue weighted by Crippen LogP contribution is 2.32. The minimum absolute atomic E-state index is 0.0823. The summed E-state index contributed by atoms with van der Waals surface area (Å²) in [5, 5.41) is 2.34. The van der Waals surface area contributed by atoms with Gasteiger partial charge in [0, 0.05) is 46.1 Å². The molecule has 30 heavy (non-hydrogen) atoms. The summed E-state index contributed by atoms with van der Waals surface area (Å²) < 4.78 is 8.23. The maximum Gasteiger partial charge on any atom is 0.193 e. The van der Waals surface area contributed by atoms with Crippen molar-refractivity contribution in [3.05, 3.63) is 82.9 Å². The Balaban J connectivity index is 1.54. The van der Waals surface area contributed by atoms with Crippen LogP contribution in [0.2, 0.25) is 0 Å². The Bertz CT molecular complexity index is 1240. The van der Waals surface area contributed by atoms with Gasteiger partial charge in [0.25, 0.3) is 0 Å². The first-order valence-corrected chi connectivity index (χ1v) is 10.9. The molecule has 3 heteroatoms. The zero-order valence-corrected chi connectivity index (χ0v) is 17.7. The number of hydrogen-bond donors (Lipinski definition) is 0. The number of nitrogens with zero attached hydrogens (tertiary/aromatic N) is 1. The van der Waals surface area contributed by atoms with Crippen molar-refractivity contribution in [1.29, 1.82) is 0 Å². The number of carbonyl (C=O) groups is 1. The molecule has 1 saturated heterocycles. The highest BCUT2D eigenvalue weighted by molar-refractivity contribution is 6.15. The number of rotatable bonds is 4. The first kappa shape index (κ1) is 19.1. The molecule has 1 atom stereocenters. The van der Waals surface area contributed by atoms with E-state index in [1.165, 1.54) is 28.4 Å². The number of fused-ring (bicyclic) bond motifs is 3. The molecule has 0 radical (unpaired) electrons. The molecule has 3 aromatic carbocycles. The molecule has 3 nitrogen and oxygen atoms in total. The molecule has 5 rings (SSSR count). The molecule has 0 N–H and O–H groups in total. The van der Waals surface area contributed by atoms with Gasteiger partial charge in [-0.05, 0) is 68.5 Å². The van der Waals surface area contributed by atoms with Crippen LogP contribution < -0.4 is 0 Å². The van der Waals surface area contributed by atoms with Gasteiger partial charge in [-0.1, -0.05) is 36.4 Å². The van der Waals surface area contributed by atoms with Crippen LogP contribution in [-0.4, -0.2) is 17.0 Å². The van der Waals surface area contributed by atoms with E-state index in [2.05, 4.69) is 60.0 Å². The molecule has 1 aliphatic heterocycles. The Hall–Kier alpha value is -2.91. The van der Waals surface area contributed by atoms with Crippen LogP contribution in [0.4, 0.5) is 0 Å². The molecule has 0 spiro atoms. The zero-order chi connectivity index (χ0) is 20.7. The van der Waals surface area contributed by atoms with Gasteiger partial charge in [0.05, 0.1) is 6.10 Å². The second-order valence-corrected chi connectivity index (χ2v) is 8.25. The van der Waals surface area contributed by atoms with E-state index in [1.54, 1.807) is 0 Å². The van der Waals surface area contributed by atoms with E-state index in [-0.39, 0.29) is 11.9 Å². The van der Waals surface area contributed by atoms with Crippen molar-refractivity contribution >= 4 is 27.6 Å². The van der Waals surface area contributed by atoms with E-state index < -0.39 is 0 Å². The van der Waals surface area contributed by atoms with Crippen LogP contribution in [0.1, 0.15) is 59.3 Å². The molecular formula is C27H27NO2. The van der Waals surface area contributed by atoms with Gasteiger partial charge in [-0.2, -0.15) is 0 Å². The summed E-state index contributed by atoms with van der Waals surface area (Å²) in [5.41, 5.74) is 6.11. The maximum atomic E-state index is 13.4. The van der Waals surface area contributed by atoms with Crippen molar-refractivity contribution < 1.29 is 9.53 Å². The number of aromatic nitrogens is 1. The number of aryl methyl sites for hydroxylation is 2. The monoisotopic (exact) mass is 397 g/mol. The fourth-order valence-electron chi connectivity index (χ4n) is 4.84. The Kier molecular flexibility index (Phi) is 4.92. The maximum absolute atomic E-state index is 13.4. The van der Waals surface area contributed by atoms with Crippen LogP contribution in [0.25, 0.3) is 21.8 Å². The summed E-state index contributed by atoms with van der Waals surface area (Å²) in [6, 6.07) is 20.7. The summed E-state index contributed by atoms with van der Waals surface area (Å²) >= 11 is 0. The summed E-state index contributed by atoms with van der Waals surface area (Å²) in [7, 11) is 0. The van der Waals surface area contributed by atoms with E-state index in [0.717, 1.165) is 48.1 Å². The van der Waals surface area contributed by atoms with E-state index >= 15 is 0 Å². The topological polar surface area (TPSA) is 31.2 Å². The Morgan fingerprint density at radius 1 is 1.00 bits per heavy atom. The smallest absolute Gasteiger partial charge is 0.193 e. The van der Waals surface area contributed by atoms with E-state index in [0.29, 0.717) is 0 Å². The number of benzene rings is 3. The quantitative estimate of drug-likeness (QED) is 0.364. The molecule has 1 aliphatic rings.